The summed E-state index contributed by atoms with van der Waals surface area (Å²) in [7, 11) is 0. The number of hydrogen-bond donors (Lipinski definition) is 1. The third-order valence-corrected chi connectivity index (χ3v) is 4.54. The van der Waals surface area contributed by atoms with E-state index >= 15 is 0 Å². The summed E-state index contributed by atoms with van der Waals surface area (Å²) in [6, 6.07) is 0.820. The highest BCUT2D eigenvalue weighted by Gasteiger charge is 2.33. The van der Waals surface area contributed by atoms with Crippen molar-refractivity contribution in [3.63, 3.8) is 0 Å². The maximum Gasteiger partial charge on any atom is 0.0136 e. The molecule has 0 aromatic heterocycles. The molecule has 2 N–H and O–H groups in total. The lowest BCUT2D eigenvalue weighted by Gasteiger charge is -2.37. The fourth-order valence-corrected chi connectivity index (χ4v) is 3.44. The van der Waals surface area contributed by atoms with Gasteiger partial charge in [0.05, 0.1) is 0 Å². The molecule has 15 heavy (non-hydrogen) atoms. The molecule has 2 fully saturated rings. The quantitative estimate of drug-likeness (QED) is 0.774. The molecule has 0 bridgehead atoms. The molecule has 1 aliphatic carbocycles. The summed E-state index contributed by atoms with van der Waals surface area (Å²) in [5.41, 5.74) is 5.90. The van der Waals surface area contributed by atoms with Crippen LogP contribution in [0.2, 0.25) is 0 Å². The van der Waals surface area contributed by atoms with E-state index in [0.717, 1.165) is 24.4 Å². The molecule has 2 rings (SSSR count). The Labute approximate surface area is 94.2 Å². The first-order valence-electron chi connectivity index (χ1n) is 6.79. The van der Waals surface area contributed by atoms with Crippen LogP contribution in [0.5, 0.6) is 0 Å². The van der Waals surface area contributed by atoms with Crippen molar-refractivity contribution in [2.75, 3.05) is 19.6 Å². The molecule has 0 radical (unpaired) electrons. The summed E-state index contributed by atoms with van der Waals surface area (Å²) >= 11 is 0. The van der Waals surface area contributed by atoms with Gasteiger partial charge in [0.25, 0.3) is 0 Å². The Kier molecular flexibility index (Phi) is 4.04. The summed E-state index contributed by atoms with van der Waals surface area (Å²) in [5, 5.41) is 0. The highest BCUT2D eigenvalue weighted by molar-refractivity contribution is 4.88. The Morgan fingerprint density at radius 3 is 2.67 bits per heavy atom. The lowest BCUT2D eigenvalue weighted by molar-refractivity contribution is 0.128. The molecule has 0 aromatic rings. The van der Waals surface area contributed by atoms with Gasteiger partial charge in [-0.3, -0.25) is 4.90 Å². The van der Waals surface area contributed by atoms with Gasteiger partial charge in [-0.15, -0.1) is 0 Å². The lowest BCUT2D eigenvalue weighted by atomic mass is 9.83. The van der Waals surface area contributed by atoms with Crippen molar-refractivity contribution in [3.8, 4) is 0 Å². The zero-order valence-corrected chi connectivity index (χ0v) is 10.1. The van der Waals surface area contributed by atoms with Crippen molar-refractivity contribution in [3.05, 3.63) is 0 Å². The van der Waals surface area contributed by atoms with Crippen molar-refractivity contribution in [2.24, 2.45) is 17.6 Å². The third kappa shape index (κ3) is 2.54. The maximum atomic E-state index is 5.90. The standard InChI is InChI=1S/C13H26N2/c1-2-11-7-8-15(10-11)13-6-4-3-5-12(13)9-14/h11-13H,2-10,14H2,1H3. The number of rotatable bonds is 3. The molecule has 3 atom stereocenters. The number of hydrogen-bond acceptors (Lipinski definition) is 2. The average Bonchev–Trinajstić information content (AvgIpc) is 2.77. The largest absolute Gasteiger partial charge is 0.330 e. The molecule has 1 saturated carbocycles. The molecule has 88 valence electrons. The Morgan fingerprint density at radius 2 is 2.00 bits per heavy atom. The van der Waals surface area contributed by atoms with E-state index in [2.05, 4.69) is 11.8 Å². The van der Waals surface area contributed by atoms with Crippen LogP contribution in [0.1, 0.15) is 45.4 Å². The van der Waals surface area contributed by atoms with Gasteiger partial charge in [-0.1, -0.05) is 26.2 Å². The number of nitrogens with zero attached hydrogens (tertiary/aromatic N) is 1. The molecule has 1 aliphatic heterocycles. The zero-order valence-electron chi connectivity index (χ0n) is 10.1. The maximum absolute atomic E-state index is 5.90. The second kappa shape index (κ2) is 5.31. The van der Waals surface area contributed by atoms with Crippen LogP contribution in [0.3, 0.4) is 0 Å². The minimum Gasteiger partial charge on any atom is -0.330 e. The fraction of sp³-hybridized carbons (Fsp3) is 1.00. The minimum absolute atomic E-state index is 0.786. The van der Waals surface area contributed by atoms with Crippen molar-refractivity contribution in [1.82, 2.24) is 4.90 Å². The molecule has 2 heteroatoms. The van der Waals surface area contributed by atoms with Crippen molar-refractivity contribution >= 4 is 0 Å². The normalized spacial score (nSPS) is 38.4. The van der Waals surface area contributed by atoms with Crippen LogP contribution in [0.25, 0.3) is 0 Å². The molecule has 3 unspecified atom stereocenters. The smallest absolute Gasteiger partial charge is 0.0136 e. The summed E-state index contributed by atoms with van der Waals surface area (Å²) in [6.07, 6.45) is 8.38. The van der Waals surface area contributed by atoms with Gasteiger partial charge in [0.1, 0.15) is 0 Å². The van der Waals surface area contributed by atoms with Gasteiger partial charge >= 0.3 is 0 Å². The predicted octanol–water partition coefficient (Wildman–Crippen LogP) is 2.24. The summed E-state index contributed by atoms with van der Waals surface area (Å²) in [6.45, 7) is 5.91. The van der Waals surface area contributed by atoms with E-state index in [1.807, 2.05) is 0 Å². The summed E-state index contributed by atoms with van der Waals surface area (Å²) < 4.78 is 0. The van der Waals surface area contributed by atoms with E-state index in [0.29, 0.717) is 0 Å². The van der Waals surface area contributed by atoms with Crippen LogP contribution in [0, 0.1) is 11.8 Å². The second-order valence-corrected chi connectivity index (χ2v) is 5.41. The molecule has 0 amide bonds. The first kappa shape index (κ1) is 11.4. The van der Waals surface area contributed by atoms with Crippen LogP contribution in [0.15, 0.2) is 0 Å². The first-order valence-corrected chi connectivity index (χ1v) is 6.79. The number of likely N-dealkylation sites (tertiary alicyclic amines) is 1. The highest BCUT2D eigenvalue weighted by Crippen LogP contribution is 2.32. The molecule has 2 nitrogen and oxygen atoms in total. The summed E-state index contributed by atoms with van der Waals surface area (Å²) in [5.74, 6) is 1.75. The number of nitrogens with two attached hydrogens (primary N) is 1. The molecule has 0 aromatic carbocycles. The zero-order chi connectivity index (χ0) is 10.7. The van der Waals surface area contributed by atoms with Crippen LogP contribution in [-0.2, 0) is 0 Å². The van der Waals surface area contributed by atoms with Gasteiger partial charge in [-0.05, 0) is 44.2 Å². The summed E-state index contributed by atoms with van der Waals surface area (Å²) in [4.78, 5) is 2.74. The monoisotopic (exact) mass is 210 g/mol. The van der Waals surface area contributed by atoms with Crippen molar-refractivity contribution in [1.29, 1.82) is 0 Å². The van der Waals surface area contributed by atoms with E-state index < -0.39 is 0 Å². The molecule has 2 aliphatic rings. The van der Waals surface area contributed by atoms with E-state index in [-0.39, 0.29) is 0 Å². The topological polar surface area (TPSA) is 29.3 Å². The van der Waals surface area contributed by atoms with Gasteiger partial charge in [0.2, 0.25) is 0 Å². The lowest BCUT2D eigenvalue weighted by Crippen LogP contribution is -2.43. The Morgan fingerprint density at radius 1 is 1.20 bits per heavy atom. The van der Waals surface area contributed by atoms with Gasteiger partial charge in [0, 0.05) is 12.6 Å². The average molecular weight is 210 g/mol. The van der Waals surface area contributed by atoms with Gasteiger partial charge < -0.3 is 5.73 Å². The predicted molar refractivity (Wildman–Crippen MR) is 64.8 cm³/mol. The Hall–Kier alpha value is -0.0800. The Bertz CT molecular complexity index is 193. The van der Waals surface area contributed by atoms with E-state index in [4.69, 9.17) is 5.73 Å². The van der Waals surface area contributed by atoms with Crippen molar-refractivity contribution < 1.29 is 0 Å². The Balaban J connectivity index is 1.90. The van der Waals surface area contributed by atoms with Crippen LogP contribution in [-0.4, -0.2) is 30.6 Å². The molecular weight excluding hydrogens is 184 g/mol. The van der Waals surface area contributed by atoms with Crippen molar-refractivity contribution in [2.45, 2.75) is 51.5 Å². The van der Waals surface area contributed by atoms with Gasteiger partial charge in [-0.2, -0.15) is 0 Å². The molecular formula is C13H26N2. The van der Waals surface area contributed by atoms with E-state index in [1.54, 1.807) is 0 Å². The van der Waals surface area contributed by atoms with Crippen LogP contribution in [0.4, 0.5) is 0 Å². The fourth-order valence-electron chi connectivity index (χ4n) is 3.44. The minimum atomic E-state index is 0.786. The molecule has 1 saturated heterocycles. The highest BCUT2D eigenvalue weighted by atomic mass is 15.2. The molecule has 0 spiro atoms. The van der Waals surface area contributed by atoms with E-state index in [1.165, 1.54) is 51.6 Å². The van der Waals surface area contributed by atoms with Gasteiger partial charge in [0.15, 0.2) is 0 Å². The SMILES string of the molecule is CCC1CCN(C2CCCCC2CN)C1. The first-order chi connectivity index (χ1) is 7.35. The van der Waals surface area contributed by atoms with Crippen LogP contribution >= 0.6 is 0 Å². The van der Waals surface area contributed by atoms with Crippen LogP contribution < -0.4 is 5.73 Å². The van der Waals surface area contributed by atoms with E-state index in [9.17, 15) is 0 Å². The second-order valence-electron chi connectivity index (χ2n) is 5.41. The third-order valence-electron chi connectivity index (χ3n) is 4.54. The van der Waals surface area contributed by atoms with Gasteiger partial charge in [-0.25, -0.2) is 0 Å². The molecule has 1 heterocycles.